The summed E-state index contributed by atoms with van der Waals surface area (Å²) in [5.74, 6) is -1.15. The molecule has 2 heterocycles. The van der Waals surface area contributed by atoms with E-state index in [0.29, 0.717) is 17.9 Å². The van der Waals surface area contributed by atoms with E-state index in [1.807, 2.05) is 60.8 Å². The zero-order chi connectivity index (χ0) is 20.8. The Labute approximate surface area is 177 Å². The lowest BCUT2D eigenvalue weighted by atomic mass is 10.1. The Hall–Kier alpha value is -3.18. The number of amides is 1. The van der Waals surface area contributed by atoms with Crippen LogP contribution in [0, 0.1) is 0 Å². The monoisotopic (exact) mass is 401 g/mol. The number of hydrogen-bond donors (Lipinski definition) is 1. The van der Waals surface area contributed by atoms with Gasteiger partial charge in [-0.1, -0.05) is 48.9 Å². The van der Waals surface area contributed by atoms with Crippen molar-refractivity contribution in [2.75, 3.05) is 18.4 Å². The van der Waals surface area contributed by atoms with E-state index in [1.165, 1.54) is 24.8 Å². The Bertz CT molecular complexity index is 987. The first-order valence-corrected chi connectivity index (χ1v) is 10.5. The Morgan fingerprint density at radius 2 is 1.47 bits per heavy atom. The van der Waals surface area contributed by atoms with Crippen LogP contribution in [0.25, 0.3) is 0 Å². The summed E-state index contributed by atoms with van der Waals surface area (Å²) in [5.41, 5.74) is 3.32. The lowest BCUT2D eigenvalue weighted by Crippen LogP contribution is -2.29. The molecule has 1 saturated heterocycles. The number of aromatic nitrogens is 1. The van der Waals surface area contributed by atoms with E-state index in [1.54, 1.807) is 16.7 Å². The number of carbonyl (C=O) groups excluding carboxylic acids is 2. The van der Waals surface area contributed by atoms with Crippen molar-refractivity contribution in [1.29, 1.82) is 0 Å². The molecule has 5 nitrogen and oxygen atoms in total. The van der Waals surface area contributed by atoms with Crippen LogP contribution in [-0.2, 0) is 17.9 Å². The van der Waals surface area contributed by atoms with E-state index >= 15 is 0 Å². The second-order valence-corrected chi connectivity index (χ2v) is 7.82. The van der Waals surface area contributed by atoms with Crippen molar-refractivity contribution in [3.05, 3.63) is 89.7 Å². The van der Waals surface area contributed by atoms with Crippen molar-refractivity contribution in [1.82, 2.24) is 9.47 Å². The second kappa shape index (κ2) is 9.55. The topological polar surface area (TPSA) is 54.3 Å². The molecule has 0 radical (unpaired) electrons. The highest BCUT2D eigenvalue weighted by Crippen LogP contribution is 2.16. The first-order chi connectivity index (χ1) is 14.7. The molecule has 0 atom stereocenters. The summed E-state index contributed by atoms with van der Waals surface area (Å²) < 4.78 is 1.80. The van der Waals surface area contributed by atoms with Crippen LogP contribution in [0.5, 0.6) is 0 Å². The van der Waals surface area contributed by atoms with Crippen LogP contribution in [0.4, 0.5) is 5.69 Å². The molecule has 1 N–H and O–H groups in total. The van der Waals surface area contributed by atoms with E-state index in [-0.39, 0.29) is 0 Å². The molecule has 1 aromatic heterocycles. The first kappa shape index (κ1) is 20.1. The van der Waals surface area contributed by atoms with Crippen molar-refractivity contribution in [3.63, 3.8) is 0 Å². The van der Waals surface area contributed by atoms with Crippen LogP contribution in [0.3, 0.4) is 0 Å². The summed E-state index contributed by atoms with van der Waals surface area (Å²) in [6.07, 6.45) is 5.68. The predicted molar refractivity (Wildman–Crippen MR) is 119 cm³/mol. The average molecular weight is 402 g/mol. The molecule has 30 heavy (non-hydrogen) atoms. The summed E-state index contributed by atoms with van der Waals surface area (Å²) in [5, 5.41) is 2.74. The minimum atomic E-state index is -0.619. The van der Waals surface area contributed by atoms with Gasteiger partial charge in [0.15, 0.2) is 0 Å². The zero-order valence-electron chi connectivity index (χ0n) is 17.1. The molecule has 0 spiro atoms. The number of likely N-dealkylation sites (tertiary alicyclic amines) is 1. The van der Waals surface area contributed by atoms with Gasteiger partial charge < -0.3 is 9.88 Å². The van der Waals surface area contributed by atoms with Crippen molar-refractivity contribution >= 4 is 17.4 Å². The van der Waals surface area contributed by atoms with Crippen LogP contribution in [-0.4, -0.2) is 34.2 Å². The normalized spacial score (nSPS) is 14.4. The van der Waals surface area contributed by atoms with Crippen molar-refractivity contribution in [2.24, 2.45) is 0 Å². The molecule has 4 rings (SSSR count). The van der Waals surface area contributed by atoms with E-state index in [2.05, 4.69) is 10.2 Å². The molecule has 1 aliphatic heterocycles. The number of ketones is 1. The van der Waals surface area contributed by atoms with Crippen LogP contribution in [0.2, 0.25) is 0 Å². The van der Waals surface area contributed by atoms with E-state index in [9.17, 15) is 9.59 Å². The summed E-state index contributed by atoms with van der Waals surface area (Å²) in [6, 6.07) is 21.1. The van der Waals surface area contributed by atoms with Crippen LogP contribution >= 0.6 is 0 Å². The maximum atomic E-state index is 12.7. The highest BCUT2D eigenvalue weighted by molar-refractivity contribution is 6.46. The third kappa shape index (κ3) is 5.05. The minimum absolute atomic E-state index is 0.387. The van der Waals surface area contributed by atoms with Gasteiger partial charge in [0.25, 0.3) is 11.7 Å². The molecule has 1 aliphatic rings. The number of anilines is 1. The lowest BCUT2D eigenvalue weighted by Gasteiger charge is -2.26. The fraction of sp³-hybridized carbons (Fsp3) is 0.280. The van der Waals surface area contributed by atoms with E-state index in [4.69, 9.17) is 0 Å². The fourth-order valence-corrected chi connectivity index (χ4v) is 3.91. The van der Waals surface area contributed by atoms with Gasteiger partial charge >= 0.3 is 0 Å². The van der Waals surface area contributed by atoms with Crippen LogP contribution in [0.15, 0.2) is 72.9 Å². The van der Waals surface area contributed by atoms with E-state index < -0.39 is 11.7 Å². The summed E-state index contributed by atoms with van der Waals surface area (Å²) in [4.78, 5) is 27.7. The fourth-order valence-electron chi connectivity index (χ4n) is 3.91. The van der Waals surface area contributed by atoms with Gasteiger partial charge in [-0.3, -0.25) is 14.5 Å². The molecular formula is C25H27N3O2. The number of benzene rings is 2. The SMILES string of the molecule is O=C(Nc1ccc(CN2CCCCC2)cc1)C(=O)c1cccn1Cc1ccccc1. The van der Waals surface area contributed by atoms with Crippen molar-refractivity contribution in [2.45, 2.75) is 32.4 Å². The smallest absolute Gasteiger partial charge is 0.298 e. The molecule has 2 aromatic carbocycles. The van der Waals surface area contributed by atoms with Gasteiger partial charge in [0.1, 0.15) is 0 Å². The van der Waals surface area contributed by atoms with Gasteiger partial charge in [-0.25, -0.2) is 0 Å². The molecule has 5 heteroatoms. The Kier molecular flexibility index (Phi) is 6.40. The third-order valence-corrected chi connectivity index (χ3v) is 5.53. The number of piperidine rings is 1. The maximum Gasteiger partial charge on any atom is 0.298 e. The molecule has 0 aliphatic carbocycles. The highest BCUT2D eigenvalue weighted by atomic mass is 16.2. The molecule has 0 bridgehead atoms. The van der Waals surface area contributed by atoms with Crippen LogP contribution in [0.1, 0.15) is 40.9 Å². The number of Topliss-reactive ketones (excluding diaryl/α,β-unsaturated/α-hetero) is 1. The van der Waals surface area contributed by atoms with Gasteiger partial charge in [-0.15, -0.1) is 0 Å². The van der Waals surface area contributed by atoms with Gasteiger partial charge in [0, 0.05) is 25.0 Å². The molecule has 3 aromatic rings. The second-order valence-electron chi connectivity index (χ2n) is 7.82. The molecule has 0 saturated carbocycles. The Balaban J connectivity index is 1.37. The highest BCUT2D eigenvalue weighted by Gasteiger charge is 2.20. The average Bonchev–Trinajstić information content (AvgIpc) is 3.24. The standard InChI is InChI=1S/C25H27N3O2/c29-24(23-10-7-17-28(23)19-20-8-3-1-4-9-20)25(30)26-22-13-11-21(12-14-22)18-27-15-5-2-6-16-27/h1,3-4,7-14,17H,2,5-6,15-16,18-19H2,(H,26,30). The van der Waals surface area contributed by atoms with E-state index in [0.717, 1.165) is 25.2 Å². The number of hydrogen-bond acceptors (Lipinski definition) is 3. The number of rotatable bonds is 7. The Morgan fingerprint density at radius 1 is 0.767 bits per heavy atom. The predicted octanol–water partition coefficient (Wildman–Crippen LogP) is 4.34. The molecule has 1 amide bonds. The molecule has 154 valence electrons. The number of nitrogens with zero attached hydrogens (tertiary/aromatic N) is 2. The maximum absolute atomic E-state index is 12.7. The summed E-state index contributed by atoms with van der Waals surface area (Å²) in [7, 11) is 0. The van der Waals surface area contributed by atoms with Crippen molar-refractivity contribution < 1.29 is 9.59 Å². The van der Waals surface area contributed by atoms with Gasteiger partial charge in [-0.2, -0.15) is 0 Å². The summed E-state index contributed by atoms with van der Waals surface area (Å²) >= 11 is 0. The number of carbonyl (C=O) groups is 2. The van der Waals surface area contributed by atoms with Crippen LogP contribution < -0.4 is 5.32 Å². The summed E-state index contributed by atoms with van der Waals surface area (Å²) in [6.45, 7) is 3.78. The Morgan fingerprint density at radius 3 is 2.20 bits per heavy atom. The van der Waals surface area contributed by atoms with Gasteiger partial charge in [0.2, 0.25) is 0 Å². The van der Waals surface area contributed by atoms with Crippen molar-refractivity contribution in [3.8, 4) is 0 Å². The first-order valence-electron chi connectivity index (χ1n) is 10.5. The lowest BCUT2D eigenvalue weighted by molar-refractivity contribution is -0.112. The molecule has 1 fully saturated rings. The quantitative estimate of drug-likeness (QED) is 0.473. The minimum Gasteiger partial charge on any atom is -0.340 e. The molecule has 0 unspecified atom stereocenters. The molecular weight excluding hydrogens is 374 g/mol. The zero-order valence-corrected chi connectivity index (χ0v) is 17.1. The van der Waals surface area contributed by atoms with Gasteiger partial charge in [-0.05, 0) is 61.3 Å². The third-order valence-electron chi connectivity index (χ3n) is 5.53. The van der Waals surface area contributed by atoms with Gasteiger partial charge in [0.05, 0.1) is 5.69 Å². The number of nitrogens with one attached hydrogen (secondary N) is 1. The largest absolute Gasteiger partial charge is 0.340 e.